The van der Waals surface area contributed by atoms with Gasteiger partial charge in [0.15, 0.2) is 0 Å². The molecule has 0 aromatic heterocycles. The molecule has 1 heterocycles. The van der Waals surface area contributed by atoms with Gasteiger partial charge in [-0.25, -0.2) is 0 Å². The summed E-state index contributed by atoms with van der Waals surface area (Å²) in [5, 5.41) is 6.48. The van der Waals surface area contributed by atoms with Crippen LogP contribution in [0.15, 0.2) is 24.3 Å². The molecule has 1 amide bonds. The van der Waals surface area contributed by atoms with Crippen molar-refractivity contribution in [2.24, 2.45) is 5.92 Å². The number of benzene rings is 1. The summed E-state index contributed by atoms with van der Waals surface area (Å²) in [5.41, 5.74) is 1.20. The summed E-state index contributed by atoms with van der Waals surface area (Å²) >= 11 is 0. The molecule has 2 atom stereocenters. The van der Waals surface area contributed by atoms with Crippen molar-refractivity contribution in [2.75, 3.05) is 19.7 Å². The first-order valence-electron chi connectivity index (χ1n) is 8.34. The van der Waals surface area contributed by atoms with Crippen LogP contribution in [0.2, 0.25) is 0 Å². The molecule has 4 nitrogen and oxygen atoms in total. The van der Waals surface area contributed by atoms with E-state index in [1.807, 2.05) is 18.2 Å². The van der Waals surface area contributed by atoms with Crippen molar-refractivity contribution < 1.29 is 9.53 Å². The molecule has 1 aliphatic heterocycles. The standard InChI is InChI=1S/C18H28N2O2/c1-14-6-5-7-16(12-14)22-11-4-3-8-18(21)20-17-13-19-10-9-15(17)2/h5-7,12,15,17,19H,3-4,8-11,13H2,1-2H3,(H,20,21). The topological polar surface area (TPSA) is 50.4 Å². The third-order valence-electron chi connectivity index (χ3n) is 4.23. The molecular weight excluding hydrogens is 276 g/mol. The number of carbonyl (C=O) groups is 1. The second kappa shape index (κ2) is 8.79. The third-order valence-corrected chi connectivity index (χ3v) is 4.23. The molecule has 1 aromatic carbocycles. The van der Waals surface area contributed by atoms with Crippen LogP contribution in [-0.4, -0.2) is 31.6 Å². The Balaban J connectivity index is 1.57. The second-order valence-corrected chi connectivity index (χ2v) is 6.27. The van der Waals surface area contributed by atoms with Crippen molar-refractivity contribution in [3.05, 3.63) is 29.8 Å². The fourth-order valence-corrected chi connectivity index (χ4v) is 2.74. The highest BCUT2D eigenvalue weighted by Crippen LogP contribution is 2.13. The van der Waals surface area contributed by atoms with Crippen LogP contribution in [0, 0.1) is 12.8 Å². The van der Waals surface area contributed by atoms with Crippen molar-refractivity contribution >= 4 is 5.91 Å². The first kappa shape index (κ1) is 16.8. The van der Waals surface area contributed by atoms with Gasteiger partial charge in [0.25, 0.3) is 0 Å². The second-order valence-electron chi connectivity index (χ2n) is 6.27. The molecule has 0 spiro atoms. The summed E-state index contributed by atoms with van der Waals surface area (Å²) in [6, 6.07) is 8.33. The SMILES string of the molecule is Cc1cccc(OCCCCC(=O)NC2CNCCC2C)c1. The van der Waals surface area contributed by atoms with E-state index >= 15 is 0 Å². The zero-order chi connectivity index (χ0) is 15.8. The maximum atomic E-state index is 12.0. The molecule has 122 valence electrons. The van der Waals surface area contributed by atoms with Crippen LogP contribution in [0.4, 0.5) is 0 Å². The van der Waals surface area contributed by atoms with Gasteiger partial charge in [0.1, 0.15) is 5.75 Å². The predicted octanol–water partition coefficient (Wildman–Crippen LogP) is 2.66. The summed E-state index contributed by atoms with van der Waals surface area (Å²) in [6.07, 6.45) is 3.49. The van der Waals surface area contributed by atoms with Gasteiger partial charge in [0, 0.05) is 19.0 Å². The maximum Gasteiger partial charge on any atom is 0.220 e. The summed E-state index contributed by atoms with van der Waals surface area (Å²) in [6.45, 7) is 6.88. The Bertz CT molecular complexity index is 476. The number of amides is 1. The maximum absolute atomic E-state index is 12.0. The Hall–Kier alpha value is -1.55. The van der Waals surface area contributed by atoms with Crippen molar-refractivity contribution in [1.82, 2.24) is 10.6 Å². The molecule has 1 fully saturated rings. The van der Waals surface area contributed by atoms with E-state index < -0.39 is 0 Å². The normalized spacial score (nSPS) is 21.4. The average molecular weight is 304 g/mol. The van der Waals surface area contributed by atoms with Crippen LogP contribution in [-0.2, 0) is 4.79 Å². The Morgan fingerprint density at radius 3 is 3.05 bits per heavy atom. The van der Waals surface area contributed by atoms with Gasteiger partial charge in [0.2, 0.25) is 5.91 Å². The van der Waals surface area contributed by atoms with Crippen LogP contribution in [0.5, 0.6) is 5.75 Å². The largest absolute Gasteiger partial charge is 0.494 e. The highest BCUT2D eigenvalue weighted by atomic mass is 16.5. The fraction of sp³-hybridized carbons (Fsp3) is 0.611. The minimum absolute atomic E-state index is 0.163. The van der Waals surface area contributed by atoms with Crippen LogP contribution in [0.25, 0.3) is 0 Å². The van der Waals surface area contributed by atoms with Gasteiger partial charge in [-0.3, -0.25) is 4.79 Å². The zero-order valence-corrected chi connectivity index (χ0v) is 13.7. The van der Waals surface area contributed by atoms with Crippen molar-refractivity contribution in [2.45, 2.75) is 45.6 Å². The van der Waals surface area contributed by atoms with Gasteiger partial charge in [-0.1, -0.05) is 19.1 Å². The number of hydrogen-bond donors (Lipinski definition) is 2. The lowest BCUT2D eigenvalue weighted by molar-refractivity contribution is -0.122. The average Bonchev–Trinajstić information content (AvgIpc) is 2.49. The first-order chi connectivity index (χ1) is 10.6. The summed E-state index contributed by atoms with van der Waals surface area (Å²) in [5.74, 6) is 1.64. The molecule has 0 saturated carbocycles. The van der Waals surface area contributed by atoms with Gasteiger partial charge in [-0.15, -0.1) is 0 Å². The van der Waals surface area contributed by atoms with Gasteiger partial charge in [-0.2, -0.15) is 0 Å². The van der Waals surface area contributed by atoms with Crippen molar-refractivity contribution in [3.63, 3.8) is 0 Å². The minimum atomic E-state index is 0.163. The number of aryl methyl sites for hydroxylation is 1. The molecule has 2 rings (SSSR count). The molecule has 0 aliphatic carbocycles. The monoisotopic (exact) mass is 304 g/mol. The van der Waals surface area contributed by atoms with E-state index in [2.05, 4.69) is 30.5 Å². The highest BCUT2D eigenvalue weighted by Gasteiger charge is 2.22. The fourth-order valence-electron chi connectivity index (χ4n) is 2.74. The van der Waals surface area contributed by atoms with Crippen LogP contribution < -0.4 is 15.4 Å². The molecular formula is C18H28N2O2. The lowest BCUT2D eigenvalue weighted by Crippen LogP contribution is -2.50. The van der Waals surface area contributed by atoms with Crippen molar-refractivity contribution in [1.29, 1.82) is 0 Å². The number of rotatable bonds is 7. The Morgan fingerprint density at radius 1 is 1.41 bits per heavy atom. The summed E-state index contributed by atoms with van der Waals surface area (Å²) in [4.78, 5) is 12.0. The molecule has 4 heteroatoms. The number of unbranched alkanes of at least 4 members (excludes halogenated alkanes) is 1. The lowest BCUT2D eigenvalue weighted by Gasteiger charge is -2.30. The van der Waals surface area contributed by atoms with Crippen LogP contribution >= 0.6 is 0 Å². The Labute approximate surface area is 133 Å². The van der Waals surface area contributed by atoms with E-state index in [-0.39, 0.29) is 11.9 Å². The number of hydrogen-bond acceptors (Lipinski definition) is 3. The highest BCUT2D eigenvalue weighted by molar-refractivity contribution is 5.76. The smallest absolute Gasteiger partial charge is 0.220 e. The quantitative estimate of drug-likeness (QED) is 0.762. The minimum Gasteiger partial charge on any atom is -0.494 e. The molecule has 2 N–H and O–H groups in total. The van der Waals surface area contributed by atoms with E-state index in [0.717, 1.165) is 38.1 Å². The number of nitrogens with one attached hydrogen (secondary N) is 2. The van der Waals surface area contributed by atoms with Gasteiger partial charge < -0.3 is 15.4 Å². The number of carbonyl (C=O) groups excluding carboxylic acids is 1. The van der Waals surface area contributed by atoms with E-state index in [9.17, 15) is 4.79 Å². The molecule has 22 heavy (non-hydrogen) atoms. The lowest BCUT2D eigenvalue weighted by atomic mass is 9.94. The molecule has 0 radical (unpaired) electrons. The number of piperidine rings is 1. The van der Waals surface area contributed by atoms with Crippen molar-refractivity contribution in [3.8, 4) is 5.75 Å². The Kier molecular flexibility index (Phi) is 6.72. The van der Waals surface area contributed by atoms with E-state index in [4.69, 9.17) is 4.74 Å². The summed E-state index contributed by atoms with van der Waals surface area (Å²) < 4.78 is 5.69. The van der Waals surface area contributed by atoms with Gasteiger partial charge >= 0.3 is 0 Å². The molecule has 1 aromatic rings. The molecule has 1 saturated heterocycles. The van der Waals surface area contributed by atoms with Gasteiger partial charge in [0.05, 0.1) is 6.61 Å². The molecule has 0 bridgehead atoms. The predicted molar refractivity (Wildman–Crippen MR) is 89.1 cm³/mol. The van der Waals surface area contributed by atoms with E-state index in [1.165, 1.54) is 5.56 Å². The van der Waals surface area contributed by atoms with E-state index in [0.29, 0.717) is 18.9 Å². The molecule has 1 aliphatic rings. The molecule has 2 unspecified atom stereocenters. The van der Waals surface area contributed by atoms with Crippen LogP contribution in [0.1, 0.15) is 38.2 Å². The van der Waals surface area contributed by atoms with Gasteiger partial charge in [-0.05, 0) is 56.3 Å². The Morgan fingerprint density at radius 2 is 2.27 bits per heavy atom. The zero-order valence-electron chi connectivity index (χ0n) is 13.7. The number of ether oxygens (including phenoxy) is 1. The summed E-state index contributed by atoms with van der Waals surface area (Å²) in [7, 11) is 0. The van der Waals surface area contributed by atoms with Crippen LogP contribution in [0.3, 0.4) is 0 Å². The van der Waals surface area contributed by atoms with E-state index in [1.54, 1.807) is 0 Å². The first-order valence-corrected chi connectivity index (χ1v) is 8.34. The third kappa shape index (κ3) is 5.68.